The largest absolute Gasteiger partial charge is 0.357 e. The number of thiocarbonyl (C=S) groups is 1. The topological polar surface area (TPSA) is 96.3 Å². The van der Waals surface area contributed by atoms with Gasteiger partial charge in [0.1, 0.15) is 5.82 Å². The van der Waals surface area contributed by atoms with Crippen LogP contribution in [0.15, 0.2) is 53.4 Å². The van der Waals surface area contributed by atoms with Crippen LogP contribution >= 0.6 is 24.0 Å². The van der Waals surface area contributed by atoms with E-state index < -0.39 is 10.2 Å². The molecular formula is C17H17FN4O3S2. The summed E-state index contributed by atoms with van der Waals surface area (Å²) in [6, 6.07) is 11.9. The molecule has 0 heterocycles. The minimum atomic E-state index is -0.478. The van der Waals surface area contributed by atoms with Crippen LogP contribution in [0.5, 0.6) is 0 Å². The average molecular weight is 408 g/mol. The van der Waals surface area contributed by atoms with Gasteiger partial charge < -0.3 is 5.32 Å². The standard InChI is InChI=1S/C17H17FN4O3S2/c1-11(27-15-8-6-14(7-9-15)22(24)25)16(23)20-21-17(26)19-10-12-2-4-13(18)5-3-12/h2-9,11H,10H2,1H3,(H,20,23)(H2,19,21,26)/t11-/m0/s1. The highest BCUT2D eigenvalue weighted by atomic mass is 32.2. The van der Waals surface area contributed by atoms with Gasteiger partial charge in [0, 0.05) is 23.6 Å². The average Bonchev–Trinajstić information content (AvgIpc) is 2.66. The maximum Gasteiger partial charge on any atom is 0.269 e. The molecule has 2 aromatic rings. The summed E-state index contributed by atoms with van der Waals surface area (Å²) >= 11 is 6.33. The number of non-ortho nitro benzene ring substituents is 1. The fraction of sp³-hybridized carbons (Fsp3) is 0.176. The number of hydrogen-bond donors (Lipinski definition) is 3. The van der Waals surface area contributed by atoms with E-state index in [2.05, 4.69) is 16.2 Å². The molecule has 0 spiro atoms. The Balaban J connectivity index is 1.74. The first-order chi connectivity index (χ1) is 12.8. The van der Waals surface area contributed by atoms with E-state index in [0.717, 1.165) is 10.5 Å². The third-order valence-electron chi connectivity index (χ3n) is 3.40. The highest BCUT2D eigenvalue weighted by Gasteiger charge is 2.15. The minimum absolute atomic E-state index is 0.00398. The second-order valence-corrected chi connectivity index (χ2v) is 7.26. The zero-order valence-electron chi connectivity index (χ0n) is 14.3. The summed E-state index contributed by atoms with van der Waals surface area (Å²) in [5, 5.41) is 13.3. The van der Waals surface area contributed by atoms with E-state index in [1.54, 1.807) is 31.2 Å². The first-order valence-corrected chi connectivity index (χ1v) is 9.13. The number of carbonyl (C=O) groups is 1. The van der Waals surface area contributed by atoms with Gasteiger partial charge in [-0.25, -0.2) is 4.39 Å². The molecule has 0 aromatic heterocycles. The number of thioether (sulfide) groups is 1. The lowest BCUT2D eigenvalue weighted by Crippen LogP contribution is -2.48. The van der Waals surface area contributed by atoms with Crippen molar-refractivity contribution < 1.29 is 14.1 Å². The van der Waals surface area contributed by atoms with E-state index >= 15 is 0 Å². The summed E-state index contributed by atoms with van der Waals surface area (Å²) < 4.78 is 12.8. The molecule has 0 fully saturated rings. The van der Waals surface area contributed by atoms with Crippen LogP contribution in [0.4, 0.5) is 10.1 Å². The molecule has 0 bridgehead atoms. The molecule has 0 saturated heterocycles. The van der Waals surface area contributed by atoms with Crippen molar-refractivity contribution in [2.75, 3.05) is 0 Å². The Kier molecular flexibility index (Phi) is 7.50. The summed E-state index contributed by atoms with van der Waals surface area (Å²) in [5.74, 6) is -0.615. The summed E-state index contributed by atoms with van der Waals surface area (Å²) in [6.45, 7) is 2.09. The number of rotatable bonds is 6. The van der Waals surface area contributed by atoms with Gasteiger partial charge in [-0.15, -0.1) is 11.8 Å². The Morgan fingerprint density at radius 2 is 1.81 bits per heavy atom. The Labute approximate surface area is 164 Å². The van der Waals surface area contributed by atoms with Crippen LogP contribution in [-0.2, 0) is 11.3 Å². The van der Waals surface area contributed by atoms with Gasteiger partial charge in [0.15, 0.2) is 5.11 Å². The number of nitro groups is 1. The summed E-state index contributed by atoms with van der Waals surface area (Å²) in [4.78, 5) is 23.0. The fourth-order valence-corrected chi connectivity index (χ4v) is 2.94. The Hall–Kier alpha value is -2.72. The maximum absolute atomic E-state index is 12.8. The van der Waals surface area contributed by atoms with Gasteiger partial charge in [0.25, 0.3) is 11.6 Å². The van der Waals surface area contributed by atoms with Crippen LogP contribution in [0, 0.1) is 15.9 Å². The minimum Gasteiger partial charge on any atom is -0.357 e. The third-order valence-corrected chi connectivity index (χ3v) is 4.75. The number of halogens is 1. The van der Waals surface area contributed by atoms with Gasteiger partial charge in [-0.05, 0) is 49.0 Å². The quantitative estimate of drug-likeness (QED) is 0.293. The molecule has 0 saturated carbocycles. The van der Waals surface area contributed by atoms with E-state index in [-0.39, 0.29) is 22.5 Å². The second-order valence-electron chi connectivity index (χ2n) is 5.43. The molecule has 7 nitrogen and oxygen atoms in total. The van der Waals surface area contributed by atoms with Crippen molar-refractivity contribution in [2.45, 2.75) is 23.6 Å². The molecule has 0 aliphatic carbocycles. The normalized spacial score (nSPS) is 11.3. The number of benzene rings is 2. The Bertz CT molecular complexity index is 816. The summed E-state index contributed by atoms with van der Waals surface area (Å²) in [5.41, 5.74) is 5.93. The molecule has 2 rings (SSSR count). The molecule has 10 heteroatoms. The molecule has 0 unspecified atom stereocenters. The van der Waals surface area contributed by atoms with Crippen molar-refractivity contribution in [3.8, 4) is 0 Å². The number of nitrogens with one attached hydrogen (secondary N) is 3. The van der Waals surface area contributed by atoms with Crippen molar-refractivity contribution in [3.63, 3.8) is 0 Å². The SMILES string of the molecule is C[C@H](Sc1ccc([N+](=O)[O-])cc1)C(=O)NNC(=S)NCc1ccc(F)cc1. The maximum atomic E-state index is 12.8. The van der Waals surface area contributed by atoms with Crippen LogP contribution < -0.4 is 16.2 Å². The number of nitro benzene ring substituents is 1. The molecule has 3 N–H and O–H groups in total. The molecule has 142 valence electrons. The number of nitrogens with zero attached hydrogens (tertiary/aromatic N) is 1. The molecule has 0 aliphatic heterocycles. The first kappa shape index (κ1) is 20.6. The fourth-order valence-electron chi connectivity index (χ4n) is 1.95. The van der Waals surface area contributed by atoms with Crippen molar-refractivity contribution in [2.24, 2.45) is 0 Å². The van der Waals surface area contributed by atoms with Crippen LogP contribution in [0.25, 0.3) is 0 Å². The van der Waals surface area contributed by atoms with Crippen LogP contribution in [0.2, 0.25) is 0 Å². The van der Waals surface area contributed by atoms with Crippen molar-refractivity contribution in [3.05, 3.63) is 70.0 Å². The van der Waals surface area contributed by atoms with Gasteiger partial charge in [-0.1, -0.05) is 12.1 Å². The zero-order chi connectivity index (χ0) is 19.8. The molecule has 1 atom stereocenters. The summed E-state index contributed by atoms with van der Waals surface area (Å²) in [7, 11) is 0. The highest BCUT2D eigenvalue weighted by molar-refractivity contribution is 8.00. The second kappa shape index (κ2) is 9.83. The lowest BCUT2D eigenvalue weighted by atomic mass is 10.2. The van der Waals surface area contributed by atoms with Crippen molar-refractivity contribution in [1.82, 2.24) is 16.2 Å². The van der Waals surface area contributed by atoms with Gasteiger partial charge in [-0.3, -0.25) is 25.8 Å². The van der Waals surface area contributed by atoms with E-state index in [0.29, 0.717) is 6.54 Å². The third kappa shape index (κ3) is 6.83. The van der Waals surface area contributed by atoms with Gasteiger partial charge >= 0.3 is 0 Å². The van der Waals surface area contributed by atoms with E-state index in [1.807, 2.05) is 0 Å². The lowest BCUT2D eigenvalue weighted by Gasteiger charge is -2.15. The number of hydrazine groups is 1. The molecule has 0 aliphatic rings. The highest BCUT2D eigenvalue weighted by Crippen LogP contribution is 2.25. The van der Waals surface area contributed by atoms with E-state index in [1.165, 1.54) is 36.0 Å². The molecule has 27 heavy (non-hydrogen) atoms. The van der Waals surface area contributed by atoms with Gasteiger partial charge in [-0.2, -0.15) is 0 Å². The zero-order valence-corrected chi connectivity index (χ0v) is 15.9. The van der Waals surface area contributed by atoms with Crippen LogP contribution in [0.3, 0.4) is 0 Å². The lowest BCUT2D eigenvalue weighted by molar-refractivity contribution is -0.384. The number of amides is 1. The van der Waals surface area contributed by atoms with Crippen LogP contribution in [-0.4, -0.2) is 21.2 Å². The predicted octanol–water partition coefficient (Wildman–Crippen LogP) is 2.91. The van der Waals surface area contributed by atoms with Gasteiger partial charge in [0.05, 0.1) is 10.2 Å². The smallest absolute Gasteiger partial charge is 0.269 e. The first-order valence-electron chi connectivity index (χ1n) is 7.84. The number of hydrogen-bond acceptors (Lipinski definition) is 5. The molecular weight excluding hydrogens is 391 g/mol. The predicted molar refractivity (Wildman–Crippen MR) is 106 cm³/mol. The molecule has 0 radical (unpaired) electrons. The molecule has 2 aromatic carbocycles. The van der Waals surface area contributed by atoms with E-state index in [9.17, 15) is 19.3 Å². The molecule has 1 amide bonds. The van der Waals surface area contributed by atoms with E-state index in [4.69, 9.17) is 12.2 Å². The van der Waals surface area contributed by atoms with Crippen LogP contribution in [0.1, 0.15) is 12.5 Å². The Morgan fingerprint density at radius 3 is 2.41 bits per heavy atom. The van der Waals surface area contributed by atoms with Crippen molar-refractivity contribution >= 4 is 40.7 Å². The Morgan fingerprint density at radius 1 is 1.19 bits per heavy atom. The monoisotopic (exact) mass is 408 g/mol. The van der Waals surface area contributed by atoms with Crippen molar-refractivity contribution in [1.29, 1.82) is 0 Å². The summed E-state index contributed by atoms with van der Waals surface area (Å²) in [6.07, 6.45) is 0. The van der Waals surface area contributed by atoms with Gasteiger partial charge in [0.2, 0.25) is 0 Å². The number of carbonyl (C=O) groups excluding carboxylic acids is 1.